The third kappa shape index (κ3) is 2.90. The molecule has 0 atom stereocenters. The van der Waals surface area contributed by atoms with Crippen LogP contribution in [0.25, 0.3) is 0 Å². The van der Waals surface area contributed by atoms with E-state index in [1.165, 1.54) is 0 Å². The van der Waals surface area contributed by atoms with Crippen LogP contribution in [-0.2, 0) is 6.61 Å². The van der Waals surface area contributed by atoms with E-state index in [2.05, 4.69) is 0 Å². The molecule has 0 saturated carbocycles. The quantitative estimate of drug-likeness (QED) is 0.871. The fourth-order valence-corrected chi connectivity index (χ4v) is 2.01. The van der Waals surface area contributed by atoms with Crippen LogP contribution in [-0.4, -0.2) is 5.11 Å². The van der Waals surface area contributed by atoms with Gasteiger partial charge in [-0.15, -0.1) is 0 Å². The number of halogens is 3. The molecule has 0 aromatic heterocycles. The molecule has 0 aliphatic rings. The number of hydrogen-bond acceptors (Lipinski definition) is 2. The van der Waals surface area contributed by atoms with E-state index in [0.29, 0.717) is 32.1 Å². The predicted molar refractivity (Wildman–Crippen MR) is 73.9 cm³/mol. The molecular formula is C13H9Cl3O2. The van der Waals surface area contributed by atoms with Gasteiger partial charge in [-0.3, -0.25) is 0 Å². The Morgan fingerprint density at radius 2 is 1.72 bits per heavy atom. The molecule has 18 heavy (non-hydrogen) atoms. The van der Waals surface area contributed by atoms with Crippen molar-refractivity contribution in [2.24, 2.45) is 0 Å². The highest BCUT2D eigenvalue weighted by atomic mass is 35.5. The van der Waals surface area contributed by atoms with Crippen molar-refractivity contribution < 1.29 is 9.84 Å². The van der Waals surface area contributed by atoms with Gasteiger partial charge in [0, 0.05) is 21.7 Å². The maximum Gasteiger partial charge on any atom is 0.147 e. The van der Waals surface area contributed by atoms with Gasteiger partial charge < -0.3 is 9.84 Å². The zero-order valence-electron chi connectivity index (χ0n) is 9.16. The van der Waals surface area contributed by atoms with E-state index in [4.69, 9.17) is 39.5 Å². The molecule has 0 radical (unpaired) electrons. The number of ether oxygens (including phenoxy) is 1. The van der Waals surface area contributed by atoms with Crippen molar-refractivity contribution in [2.45, 2.75) is 6.61 Å². The Labute approximate surface area is 120 Å². The second-order valence-electron chi connectivity index (χ2n) is 3.55. The van der Waals surface area contributed by atoms with Crippen molar-refractivity contribution >= 4 is 34.8 Å². The van der Waals surface area contributed by atoms with E-state index in [0.717, 1.165) is 0 Å². The summed E-state index contributed by atoms with van der Waals surface area (Å²) in [5.74, 6) is 0.871. The van der Waals surface area contributed by atoms with Crippen LogP contribution in [0, 0.1) is 0 Å². The van der Waals surface area contributed by atoms with E-state index >= 15 is 0 Å². The van der Waals surface area contributed by atoms with E-state index < -0.39 is 0 Å². The first kappa shape index (κ1) is 13.5. The highest BCUT2D eigenvalue weighted by Crippen LogP contribution is 2.35. The van der Waals surface area contributed by atoms with Gasteiger partial charge in [0.1, 0.15) is 11.5 Å². The summed E-state index contributed by atoms with van der Waals surface area (Å²) < 4.78 is 5.63. The number of rotatable bonds is 3. The normalized spacial score (nSPS) is 10.4. The third-order valence-corrected chi connectivity index (χ3v) is 3.25. The molecule has 0 heterocycles. The molecular weight excluding hydrogens is 294 g/mol. The van der Waals surface area contributed by atoms with Crippen molar-refractivity contribution in [3.05, 3.63) is 57.0 Å². The van der Waals surface area contributed by atoms with Gasteiger partial charge in [0.2, 0.25) is 0 Å². The Hall–Kier alpha value is -0.930. The Morgan fingerprint density at radius 3 is 2.44 bits per heavy atom. The fraction of sp³-hybridized carbons (Fsp3) is 0.0769. The molecule has 5 heteroatoms. The Balaban J connectivity index is 2.40. The molecule has 0 saturated heterocycles. The zero-order chi connectivity index (χ0) is 13.1. The molecule has 2 aromatic carbocycles. The van der Waals surface area contributed by atoms with Crippen molar-refractivity contribution in [2.75, 3.05) is 0 Å². The molecule has 0 fully saturated rings. The molecule has 0 unspecified atom stereocenters. The van der Waals surface area contributed by atoms with Crippen LogP contribution >= 0.6 is 34.8 Å². The molecule has 0 aliphatic heterocycles. The lowest BCUT2D eigenvalue weighted by atomic mass is 10.2. The first-order chi connectivity index (χ1) is 8.61. The number of aliphatic hydroxyl groups excluding tert-OH is 1. The lowest BCUT2D eigenvalue weighted by Crippen LogP contribution is -1.93. The first-order valence-electron chi connectivity index (χ1n) is 5.13. The van der Waals surface area contributed by atoms with Crippen molar-refractivity contribution in [3.8, 4) is 11.5 Å². The monoisotopic (exact) mass is 302 g/mol. The standard InChI is InChI=1S/C13H9Cl3O2/c14-8-4-5-11(16)13(6-8)18-12-3-1-2-10(15)9(12)7-17/h1-6,17H,7H2. The summed E-state index contributed by atoms with van der Waals surface area (Å²) in [6.45, 7) is -0.215. The summed E-state index contributed by atoms with van der Waals surface area (Å²) in [4.78, 5) is 0. The molecule has 94 valence electrons. The van der Waals surface area contributed by atoms with Crippen LogP contribution in [0.4, 0.5) is 0 Å². The van der Waals surface area contributed by atoms with Gasteiger partial charge in [-0.25, -0.2) is 0 Å². The maximum absolute atomic E-state index is 9.28. The fourth-order valence-electron chi connectivity index (χ4n) is 1.46. The van der Waals surface area contributed by atoms with E-state index in [1.807, 2.05) is 0 Å². The van der Waals surface area contributed by atoms with Crippen LogP contribution in [0.1, 0.15) is 5.56 Å². The van der Waals surface area contributed by atoms with Gasteiger partial charge >= 0.3 is 0 Å². The molecule has 2 aromatic rings. The first-order valence-corrected chi connectivity index (χ1v) is 6.26. The summed E-state index contributed by atoms with van der Waals surface area (Å²) in [5.41, 5.74) is 0.509. The number of benzene rings is 2. The molecule has 0 spiro atoms. The zero-order valence-corrected chi connectivity index (χ0v) is 11.4. The van der Waals surface area contributed by atoms with E-state index in [1.54, 1.807) is 36.4 Å². The van der Waals surface area contributed by atoms with Crippen LogP contribution < -0.4 is 4.74 Å². The summed E-state index contributed by atoms with van der Waals surface area (Å²) in [6.07, 6.45) is 0. The van der Waals surface area contributed by atoms with Gasteiger partial charge in [0.25, 0.3) is 0 Å². The van der Waals surface area contributed by atoms with Gasteiger partial charge in [-0.05, 0) is 24.3 Å². The smallest absolute Gasteiger partial charge is 0.147 e. The minimum absolute atomic E-state index is 0.215. The average Bonchev–Trinajstić information content (AvgIpc) is 2.34. The van der Waals surface area contributed by atoms with Crippen molar-refractivity contribution in [3.63, 3.8) is 0 Å². The minimum Gasteiger partial charge on any atom is -0.455 e. The molecule has 0 aliphatic carbocycles. The van der Waals surface area contributed by atoms with E-state index in [-0.39, 0.29) is 6.61 Å². The summed E-state index contributed by atoms with van der Waals surface area (Å²) in [7, 11) is 0. The van der Waals surface area contributed by atoms with Gasteiger partial charge in [-0.1, -0.05) is 40.9 Å². The Kier molecular flexibility index (Phi) is 4.36. The van der Waals surface area contributed by atoms with Gasteiger partial charge in [0.05, 0.1) is 11.6 Å². The van der Waals surface area contributed by atoms with Gasteiger partial charge in [-0.2, -0.15) is 0 Å². The minimum atomic E-state index is -0.215. The van der Waals surface area contributed by atoms with Crippen molar-refractivity contribution in [1.82, 2.24) is 0 Å². The highest BCUT2D eigenvalue weighted by molar-refractivity contribution is 6.34. The maximum atomic E-state index is 9.28. The van der Waals surface area contributed by atoms with E-state index in [9.17, 15) is 5.11 Å². The predicted octanol–water partition coefficient (Wildman–Crippen LogP) is 4.93. The molecule has 2 rings (SSSR count). The molecule has 1 N–H and O–H groups in total. The van der Waals surface area contributed by atoms with Crippen LogP contribution in [0.2, 0.25) is 15.1 Å². The van der Waals surface area contributed by atoms with Crippen LogP contribution in [0.3, 0.4) is 0 Å². The van der Waals surface area contributed by atoms with Crippen LogP contribution in [0.15, 0.2) is 36.4 Å². The number of hydrogen-bond donors (Lipinski definition) is 1. The lowest BCUT2D eigenvalue weighted by molar-refractivity contribution is 0.276. The number of aliphatic hydroxyl groups is 1. The lowest BCUT2D eigenvalue weighted by Gasteiger charge is -2.12. The Bertz CT molecular complexity index is 570. The second kappa shape index (κ2) is 5.81. The Morgan fingerprint density at radius 1 is 0.944 bits per heavy atom. The van der Waals surface area contributed by atoms with Crippen molar-refractivity contribution in [1.29, 1.82) is 0 Å². The largest absolute Gasteiger partial charge is 0.455 e. The van der Waals surface area contributed by atoms with Gasteiger partial charge in [0.15, 0.2) is 0 Å². The molecule has 2 nitrogen and oxygen atoms in total. The molecule has 0 amide bonds. The summed E-state index contributed by atoms with van der Waals surface area (Å²) in [6, 6.07) is 10.0. The average molecular weight is 304 g/mol. The van der Waals surface area contributed by atoms with Crippen LogP contribution in [0.5, 0.6) is 11.5 Å². The third-order valence-electron chi connectivity index (χ3n) is 2.35. The summed E-state index contributed by atoms with van der Waals surface area (Å²) >= 11 is 17.8. The molecule has 0 bridgehead atoms. The second-order valence-corrected chi connectivity index (χ2v) is 4.80. The highest BCUT2D eigenvalue weighted by Gasteiger charge is 2.10. The SMILES string of the molecule is OCc1c(Cl)cccc1Oc1cc(Cl)ccc1Cl. The summed E-state index contributed by atoms with van der Waals surface area (Å²) in [5, 5.41) is 10.7. The topological polar surface area (TPSA) is 29.5 Å².